The molecule has 0 heterocycles. The van der Waals surface area contributed by atoms with Gasteiger partial charge in [-0.1, -0.05) is 176 Å². The van der Waals surface area contributed by atoms with Gasteiger partial charge < -0.3 is 19.6 Å². The number of allylic oxidation sites excluding steroid dienone is 1. The van der Waals surface area contributed by atoms with E-state index in [0.717, 1.165) is 63.3 Å². The lowest BCUT2D eigenvalue weighted by molar-refractivity contribution is 0.757. The smallest absolute Gasteiger partial charge is 0.101 e. The third-order valence-corrected chi connectivity index (χ3v) is 14.8. The van der Waals surface area contributed by atoms with Crippen LogP contribution < -0.4 is 30.0 Å². The van der Waals surface area contributed by atoms with Gasteiger partial charge in [-0.05, 0) is 136 Å². The molecule has 4 nitrogen and oxygen atoms in total. The van der Waals surface area contributed by atoms with E-state index >= 15 is 0 Å². The molecule has 0 aromatic heterocycles. The van der Waals surface area contributed by atoms with Crippen LogP contribution in [0.5, 0.6) is 0 Å². The lowest BCUT2D eigenvalue weighted by Gasteiger charge is -2.45. The lowest BCUT2D eigenvalue weighted by Crippen LogP contribution is -2.39. The first-order valence-electron chi connectivity index (χ1n) is 25.0. The van der Waals surface area contributed by atoms with Gasteiger partial charge in [0.25, 0.3) is 0 Å². The van der Waals surface area contributed by atoms with E-state index < -0.39 is 0 Å². The SMILES string of the molecule is C1=c2ccc3c(N(c4ccccc4)c4ccccc4)c(N(c4ccccc4)c4ccccc4)c4ccc5c6c4c3c2=C6C(=C(N(c2ccccc2)c2ccccc2)C5N(c2ccccc2)c2ccccc2)C1. The maximum atomic E-state index is 2.59. The van der Waals surface area contributed by atoms with Crippen LogP contribution in [0.3, 0.4) is 0 Å². The van der Waals surface area contributed by atoms with Gasteiger partial charge in [0.15, 0.2) is 0 Å². The molecule has 0 aliphatic heterocycles. The van der Waals surface area contributed by atoms with Crippen LogP contribution in [0.2, 0.25) is 0 Å². The summed E-state index contributed by atoms with van der Waals surface area (Å²) >= 11 is 0. The van der Waals surface area contributed by atoms with Gasteiger partial charge in [0.05, 0.1) is 17.1 Å². The van der Waals surface area contributed by atoms with E-state index in [1.165, 1.54) is 60.0 Å². The zero-order valence-corrected chi connectivity index (χ0v) is 39.6. The standard InChI is InChI=1S/C68H48N4/c1-9-25-48(26-10-1)69(49-27-11-2-12-28-49)65-56-43-41-47-42-44-57-62-60(47)61(56)63-58(67(65)71(52-33-17-5-18-34-52)53-35-19-6-20-36-53)45-46-59(64(62)63)68(72(54-37-21-7-22-38-54)55-39-23-8-24-40-55)66(57)70(50-29-13-3-14-30-50)51-31-15-4-16-32-51/h1-43,45-46,68H,44H2. The van der Waals surface area contributed by atoms with Gasteiger partial charge in [-0.3, -0.25) is 0 Å². The molecule has 0 amide bonds. The molecule has 11 aromatic carbocycles. The minimum Gasteiger partial charge on any atom is -0.328 e. The Hall–Kier alpha value is -9.38. The molecule has 14 rings (SSSR count). The Labute approximate surface area is 419 Å². The van der Waals surface area contributed by atoms with Gasteiger partial charge in [-0.25, -0.2) is 0 Å². The number of anilines is 10. The average Bonchev–Trinajstić information content (AvgIpc) is 3.83. The predicted octanol–water partition coefficient (Wildman–Crippen LogP) is 16.6. The van der Waals surface area contributed by atoms with Crippen molar-refractivity contribution in [1.29, 1.82) is 0 Å². The van der Waals surface area contributed by atoms with Gasteiger partial charge in [-0.2, -0.15) is 0 Å². The van der Waals surface area contributed by atoms with E-state index in [4.69, 9.17) is 0 Å². The molecule has 3 aliphatic rings. The summed E-state index contributed by atoms with van der Waals surface area (Å²) in [6.45, 7) is 0. The van der Waals surface area contributed by atoms with E-state index in [0.29, 0.717) is 0 Å². The topological polar surface area (TPSA) is 13.0 Å². The second kappa shape index (κ2) is 17.2. The molecule has 0 radical (unpaired) electrons. The van der Waals surface area contributed by atoms with Crippen LogP contribution in [0.4, 0.5) is 56.9 Å². The highest BCUT2D eigenvalue weighted by Crippen LogP contribution is 2.60. The lowest BCUT2D eigenvalue weighted by atomic mass is 9.77. The Morgan fingerprint density at radius 3 is 1.07 bits per heavy atom. The summed E-state index contributed by atoms with van der Waals surface area (Å²) in [6.07, 6.45) is 3.27. The second-order valence-electron chi connectivity index (χ2n) is 18.7. The van der Waals surface area contributed by atoms with Crippen LogP contribution in [-0.4, -0.2) is 0 Å². The molecule has 0 fully saturated rings. The Morgan fingerprint density at radius 1 is 0.319 bits per heavy atom. The van der Waals surface area contributed by atoms with Crippen molar-refractivity contribution in [3.63, 3.8) is 0 Å². The maximum absolute atomic E-state index is 2.59. The molecule has 72 heavy (non-hydrogen) atoms. The first-order chi connectivity index (χ1) is 35.8. The average molecular weight is 921 g/mol. The molecule has 3 aliphatic carbocycles. The van der Waals surface area contributed by atoms with Crippen molar-refractivity contribution in [2.75, 3.05) is 19.6 Å². The van der Waals surface area contributed by atoms with E-state index in [9.17, 15) is 0 Å². The summed E-state index contributed by atoms with van der Waals surface area (Å²) in [7, 11) is 0. The van der Waals surface area contributed by atoms with E-state index in [2.05, 4.69) is 293 Å². The highest BCUT2D eigenvalue weighted by atomic mass is 15.3. The third-order valence-electron chi connectivity index (χ3n) is 14.8. The minimum atomic E-state index is -0.250. The summed E-state index contributed by atoms with van der Waals surface area (Å²) < 4.78 is 0. The van der Waals surface area contributed by atoms with Crippen LogP contribution in [0.15, 0.2) is 278 Å². The van der Waals surface area contributed by atoms with Gasteiger partial charge in [0.1, 0.15) is 6.04 Å². The van der Waals surface area contributed by atoms with Crippen LogP contribution >= 0.6 is 0 Å². The molecular weight excluding hydrogens is 873 g/mol. The zero-order chi connectivity index (χ0) is 47.5. The first-order valence-corrected chi connectivity index (χ1v) is 25.0. The highest BCUT2D eigenvalue weighted by molar-refractivity contribution is 6.29. The van der Waals surface area contributed by atoms with Crippen molar-refractivity contribution in [2.45, 2.75) is 12.5 Å². The van der Waals surface area contributed by atoms with Gasteiger partial charge in [0, 0.05) is 67.0 Å². The normalized spacial score (nSPS) is 13.9. The molecule has 0 bridgehead atoms. The molecule has 1 unspecified atom stereocenters. The summed E-state index contributed by atoms with van der Waals surface area (Å²) in [4.78, 5) is 10.1. The van der Waals surface area contributed by atoms with Gasteiger partial charge >= 0.3 is 0 Å². The van der Waals surface area contributed by atoms with E-state index in [1.807, 2.05) is 0 Å². The zero-order valence-electron chi connectivity index (χ0n) is 39.6. The number of hydrogen-bond donors (Lipinski definition) is 0. The monoisotopic (exact) mass is 920 g/mol. The Bertz CT molecular complexity index is 3820. The van der Waals surface area contributed by atoms with Crippen molar-refractivity contribution >= 4 is 90.1 Å². The van der Waals surface area contributed by atoms with Gasteiger partial charge in [0.2, 0.25) is 0 Å². The van der Waals surface area contributed by atoms with E-state index in [-0.39, 0.29) is 6.04 Å². The summed E-state index contributed by atoms with van der Waals surface area (Å²) in [5.74, 6) is 0. The molecule has 0 saturated heterocycles. The summed E-state index contributed by atoms with van der Waals surface area (Å²) in [6, 6.07) is 97.2. The Kier molecular flexibility index (Phi) is 9.95. The molecule has 340 valence electrons. The summed E-state index contributed by atoms with van der Waals surface area (Å²) in [5.41, 5.74) is 17.6. The second-order valence-corrected chi connectivity index (χ2v) is 18.7. The highest BCUT2D eigenvalue weighted by Gasteiger charge is 2.44. The number of nitrogens with zero attached hydrogens (tertiary/aromatic N) is 4. The molecule has 0 saturated carbocycles. The fourth-order valence-electron chi connectivity index (χ4n) is 11.9. The summed E-state index contributed by atoms with van der Waals surface area (Å²) in [5, 5.41) is 7.61. The number of benzene rings is 11. The number of rotatable bonds is 12. The molecular formula is C68H48N4. The van der Waals surface area contributed by atoms with Crippen LogP contribution in [0, 0.1) is 0 Å². The van der Waals surface area contributed by atoms with Crippen molar-refractivity contribution in [1.82, 2.24) is 0 Å². The maximum Gasteiger partial charge on any atom is 0.101 e. The van der Waals surface area contributed by atoms with Crippen molar-refractivity contribution in [3.05, 3.63) is 300 Å². The van der Waals surface area contributed by atoms with Crippen LogP contribution in [0.1, 0.15) is 23.6 Å². The Balaban J connectivity index is 1.19. The van der Waals surface area contributed by atoms with Crippen molar-refractivity contribution < 1.29 is 0 Å². The minimum absolute atomic E-state index is 0.250. The number of hydrogen-bond acceptors (Lipinski definition) is 4. The van der Waals surface area contributed by atoms with Crippen molar-refractivity contribution in [2.24, 2.45) is 0 Å². The van der Waals surface area contributed by atoms with E-state index in [1.54, 1.807) is 0 Å². The largest absolute Gasteiger partial charge is 0.328 e. The molecule has 0 N–H and O–H groups in total. The quantitative estimate of drug-likeness (QED) is 0.113. The Morgan fingerprint density at radius 2 is 0.667 bits per heavy atom. The fourth-order valence-corrected chi connectivity index (χ4v) is 11.9. The molecule has 0 spiro atoms. The van der Waals surface area contributed by atoms with Crippen LogP contribution in [-0.2, 0) is 0 Å². The first kappa shape index (κ1) is 41.6. The number of para-hydroxylation sites is 8. The molecule has 11 aromatic rings. The third kappa shape index (κ3) is 6.53. The van der Waals surface area contributed by atoms with Crippen molar-refractivity contribution in [3.8, 4) is 0 Å². The van der Waals surface area contributed by atoms with Gasteiger partial charge in [-0.15, -0.1) is 0 Å². The van der Waals surface area contributed by atoms with Crippen LogP contribution in [0.25, 0.3) is 33.2 Å². The molecule has 1 atom stereocenters. The predicted molar refractivity (Wildman–Crippen MR) is 301 cm³/mol. The molecule has 4 heteroatoms. The fraction of sp³-hybridized carbons (Fsp3) is 0.0294.